The molecule has 2 fully saturated rings. The van der Waals surface area contributed by atoms with Crippen molar-refractivity contribution in [3.63, 3.8) is 0 Å². The molecule has 126 valence electrons. The summed E-state index contributed by atoms with van der Waals surface area (Å²) in [6.45, 7) is 3.15. The fraction of sp³-hybridized carbons (Fsp3) is 0.600. The number of amides is 1. The van der Waals surface area contributed by atoms with Gasteiger partial charge in [-0.2, -0.15) is 13.2 Å². The summed E-state index contributed by atoms with van der Waals surface area (Å²) in [5.41, 5.74) is -4.16. The van der Waals surface area contributed by atoms with E-state index in [-0.39, 0.29) is 33.7 Å². The van der Waals surface area contributed by atoms with E-state index < -0.39 is 5.51 Å². The Kier molecular flexibility index (Phi) is 4.55. The Morgan fingerprint density at radius 2 is 2.04 bits per heavy atom. The first-order chi connectivity index (χ1) is 10.9. The van der Waals surface area contributed by atoms with Crippen LogP contribution in [-0.2, 0) is 0 Å². The quantitative estimate of drug-likeness (QED) is 0.837. The predicted molar refractivity (Wildman–Crippen MR) is 81.2 cm³/mol. The SMILES string of the molecule is O=C(c1cccnc1SC(F)(F)F)N1CCC2(CCNC2)CC1. The number of carbonyl (C=O) groups excluding carboxylic acids is 1. The predicted octanol–water partition coefficient (Wildman–Crippen LogP) is 2.91. The van der Waals surface area contributed by atoms with Crippen molar-refractivity contribution >= 4 is 17.7 Å². The van der Waals surface area contributed by atoms with E-state index in [4.69, 9.17) is 0 Å². The molecule has 1 aromatic rings. The van der Waals surface area contributed by atoms with Crippen LogP contribution in [0.2, 0.25) is 0 Å². The Morgan fingerprint density at radius 3 is 2.65 bits per heavy atom. The summed E-state index contributed by atoms with van der Waals surface area (Å²) < 4.78 is 37.9. The van der Waals surface area contributed by atoms with Gasteiger partial charge in [-0.1, -0.05) is 0 Å². The van der Waals surface area contributed by atoms with Crippen LogP contribution in [0.15, 0.2) is 23.4 Å². The number of aromatic nitrogens is 1. The van der Waals surface area contributed by atoms with Crippen molar-refractivity contribution in [2.45, 2.75) is 29.8 Å². The number of hydrogen-bond acceptors (Lipinski definition) is 4. The summed E-state index contributed by atoms with van der Waals surface area (Å²) >= 11 is -0.330. The van der Waals surface area contributed by atoms with E-state index in [0.717, 1.165) is 32.4 Å². The Bertz CT molecular complexity index is 578. The second-order valence-electron chi connectivity index (χ2n) is 6.12. The van der Waals surface area contributed by atoms with Crippen molar-refractivity contribution in [3.05, 3.63) is 23.9 Å². The van der Waals surface area contributed by atoms with Gasteiger partial charge in [-0.3, -0.25) is 4.79 Å². The second-order valence-corrected chi connectivity index (χ2v) is 7.18. The van der Waals surface area contributed by atoms with Crippen molar-refractivity contribution in [1.29, 1.82) is 0 Å². The molecule has 0 radical (unpaired) electrons. The van der Waals surface area contributed by atoms with Crippen LogP contribution in [0.4, 0.5) is 13.2 Å². The number of halogens is 3. The van der Waals surface area contributed by atoms with Crippen molar-refractivity contribution in [2.75, 3.05) is 26.2 Å². The van der Waals surface area contributed by atoms with Gasteiger partial charge in [0, 0.05) is 37.6 Å². The minimum absolute atomic E-state index is 0.0373. The highest BCUT2D eigenvalue weighted by atomic mass is 32.2. The van der Waals surface area contributed by atoms with Gasteiger partial charge in [0.05, 0.1) is 5.56 Å². The molecule has 3 heterocycles. The van der Waals surface area contributed by atoms with E-state index in [1.165, 1.54) is 18.3 Å². The van der Waals surface area contributed by atoms with Gasteiger partial charge in [0.1, 0.15) is 5.03 Å². The smallest absolute Gasteiger partial charge is 0.339 e. The molecule has 2 aliphatic rings. The maximum atomic E-state index is 12.6. The zero-order valence-corrected chi connectivity index (χ0v) is 13.3. The normalized spacial score (nSPS) is 20.9. The molecule has 2 aliphatic heterocycles. The Balaban J connectivity index is 1.71. The monoisotopic (exact) mass is 345 g/mol. The summed E-state index contributed by atoms with van der Waals surface area (Å²) in [6.07, 6.45) is 4.18. The number of thioether (sulfide) groups is 1. The lowest BCUT2D eigenvalue weighted by atomic mass is 9.78. The molecule has 1 aromatic heterocycles. The molecule has 0 bridgehead atoms. The second kappa shape index (κ2) is 6.32. The zero-order chi connectivity index (χ0) is 16.5. The molecule has 0 aromatic carbocycles. The van der Waals surface area contributed by atoms with Gasteiger partial charge in [-0.15, -0.1) is 0 Å². The van der Waals surface area contributed by atoms with E-state index in [0.29, 0.717) is 13.1 Å². The third-order valence-corrected chi connectivity index (χ3v) is 5.41. The molecule has 0 atom stereocenters. The van der Waals surface area contributed by atoms with Crippen LogP contribution in [0.3, 0.4) is 0 Å². The summed E-state index contributed by atoms with van der Waals surface area (Å²) in [6, 6.07) is 2.92. The van der Waals surface area contributed by atoms with Gasteiger partial charge in [-0.05, 0) is 43.4 Å². The lowest BCUT2D eigenvalue weighted by Crippen LogP contribution is -2.44. The van der Waals surface area contributed by atoms with Crippen LogP contribution in [0.25, 0.3) is 0 Å². The van der Waals surface area contributed by atoms with Gasteiger partial charge < -0.3 is 10.2 Å². The average Bonchev–Trinajstić information content (AvgIpc) is 2.95. The number of nitrogens with zero attached hydrogens (tertiary/aromatic N) is 2. The van der Waals surface area contributed by atoms with E-state index in [1.54, 1.807) is 4.90 Å². The molecule has 1 spiro atoms. The highest BCUT2D eigenvalue weighted by molar-refractivity contribution is 8.00. The Morgan fingerprint density at radius 1 is 1.30 bits per heavy atom. The van der Waals surface area contributed by atoms with Crippen LogP contribution in [0.5, 0.6) is 0 Å². The molecule has 0 aliphatic carbocycles. The number of nitrogens with one attached hydrogen (secondary N) is 1. The summed E-state index contributed by atoms with van der Waals surface area (Å²) in [7, 11) is 0. The van der Waals surface area contributed by atoms with Gasteiger partial charge in [0.15, 0.2) is 0 Å². The van der Waals surface area contributed by atoms with Crippen molar-refractivity contribution in [2.24, 2.45) is 5.41 Å². The molecule has 8 heteroatoms. The first-order valence-corrected chi connectivity index (χ1v) is 8.41. The number of likely N-dealkylation sites (tertiary alicyclic amines) is 1. The summed E-state index contributed by atoms with van der Waals surface area (Å²) in [4.78, 5) is 18.0. The van der Waals surface area contributed by atoms with E-state index in [1.807, 2.05) is 0 Å². The number of hydrogen-bond donors (Lipinski definition) is 1. The third kappa shape index (κ3) is 3.80. The molecule has 23 heavy (non-hydrogen) atoms. The highest BCUT2D eigenvalue weighted by Crippen LogP contribution is 2.39. The fourth-order valence-corrected chi connectivity index (χ4v) is 3.92. The minimum Gasteiger partial charge on any atom is -0.339 e. The molecule has 2 saturated heterocycles. The minimum atomic E-state index is -4.45. The van der Waals surface area contributed by atoms with Crippen molar-refractivity contribution in [3.8, 4) is 0 Å². The van der Waals surface area contributed by atoms with Gasteiger partial charge in [0.2, 0.25) is 0 Å². The van der Waals surface area contributed by atoms with Crippen molar-refractivity contribution < 1.29 is 18.0 Å². The first kappa shape index (κ1) is 16.6. The van der Waals surface area contributed by atoms with Crippen LogP contribution < -0.4 is 5.32 Å². The fourth-order valence-electron chi connectivity index (χ4n) is 3.32. The van der Waals surface area contributed by atoms with E-state index >= 15 is 0 Å². The molecule has 0 saturated carbocycles. The number of carbonyl (C=O) groups is 1. The van der Waals surface area contributed by atoms with E-state index in [9.17, 15) is 18.0 Å². The topological polar surface area (TPSA) is 45.2 Å². The molecule has 4 nitrogen and oxygen atoms in total. The molecular formula is C15H18F3N3OS. The maximum absolute atomic E-state index is 12.6. The van der Waals surface area contributed by atoms with Crippen LogP contribution >= 0.6 is 11.8 Å². The maximum Gasteiger partial charge on any atom is 0.447 e. The molecular weight excluding hydrogens is 327 g/mol. The van der Waals surface area contributed by atoms with E-state index in [2.05, 4.69) is 10.3 Å². The highest BCUT2D eigenvalue weighted by Gasteiger charge is 2.39. The Labute approximate surface area is 136 Å². The first-order valence-electron chi connectivity index (χ1n) is 7.59. The van der Waals surface area contributed by atoms with Crippen LogP contribution in [0, 0.1) is 5.41 Å². The van der Waals surface area contributed by atoms with Gasteiger partial charge in [-0.25, -0.2) is 4.98 Å². The molecule has 3 rings (SSSR count). The zero-order valence-electron chi connectivity index (χ0n) is 12.5. The number of rotatable bonds is 2. The average molecular weight is 345 g/mol. The largest absolute Gasteiger partial charge is 0.447 e. The number of pyridine rings is 1. The number of piperidine rings is 1. The lowest BCUT2D eigenvalue weighted by Gasteiger charge is -2.39. The molecule has 0 unspecified atom stereocenters. The summed E-state index contributed by atoms with van der Waals surface area (Å²) in [5.74, 6) is -0.356. The molecule has 1 N–H and O–H groups in total. The van der Waals surface area contributed by atoms with Crippen LogP contribution in [0.1, 0.15) is 29.6 Å². The van der Waals surface area contributed by atoms with Gasteiger partial charge in [0.25, 0.3) is 5.91 Å². The van der Waals surface area contributed by atoms with Gasteiger partial charge >= 0.3 is 5.51 Å². The van der Waals surface area contributed by atoms with Crippen molar-refractivity contribution in [1.82, 2.24) is 15.2 Å². The summed E-state index contributed by atoms with van der Waals surface area (Å²) in [5, 5.41) is 3.08. The Hall–Kier alpha value is -1.28. The number of alkyl halides is 3. The van der Waals surface area contributed by atoms with Crippen LogP contribution in [-0.4, -0.2) is 47.5 Å². The standard InChI is InChI=1S/C15H18F3N3OS/c16-15(17,18)23-12-11(2-1-6-20-12)13(22)21-8-4-14(5-9-21)3-7-19-10-14/h1-2,6,19H,3-5,7-10H2. The third-order valence-electron chi connectivity index (χ3n) is 4.66. The lowest BCUT2D eigenvalue weighted by molar-refractivity contribution is -0.0329. The molecule has 1 amide bonds.